The predicted octanol–water partition coefficient (Wildman–Crippen LogP) is 1.92. The van der Waals surface area contributed by atoms with Crippen molar-refractivity contribution in [3.05, 3.63) is 46.0 Å². The highest BCUT2D eigenvalue weighted by atomic mass is 16.6. The van der Waals surface area contributed by atoms with E-state index < -0.39 is 0 Å². The number of hydrogen-bond donors (Lipinski definition) is 1. The van der Waals surface area contributed by atoms with Gasteiger partial charge >= 0.3 is 0 Å². The van der Waals surface area contributed by atoms with Crippen LogP contribution in [-0.2, 0) is 13.0 Å². The predicted molar refractivity (Wildman–Crippen MR) is 73.6 cm³/mol. The van der Waals surface area contributed by atoms with Gasteiger partial charge < -0.3 is 5.32 Å². The SMILES string of the molecule is Cc1cccc([N+](=O)[O-])c1NC1CCc2ncnn2C1. The topological polar surface area (TPSA) is 85.9 Å². The quantitative estimate of drug-likeness (QED) is 0.682. The average molecular weight is 273 g/mol. The van der Waals surface area contributed by atoms with Crippen molar-refractivity contribution in [2.75, 3.05) is 5.32 Å². The fraction of sp³-hybridized carbons (Fsp3) is 0.385. The minimum Gasteiger partial charge on any atom is -0.375 e. The second-order valence-corrected chi connectivity index (χ2v) is 4.96. The number of hydrogen-bond acceptors (Lipinski definition) is 5. The highest BCUT2D eigenvalue weighted by Crippen LogP contribution is 2.29. The normalized spacial score (nSPS) is 17.6. The lowest BCUT2D eigenvalue weighted by atomic mass is 10.1. The van der Waals surface area contributed by atoms with E-state index in [1.165, 1.54) is 6.07 Å². The Hall–Kier alpha value is -2.44. The zero-order chi connectivity index (χ0) is 14.1. The molecule has 7 nitrogen and oxygen atoms in total. The lowest BCUT2D eigenvalue weighted by Gasteiger charge is -2.25. The first-order valence-corrected chi connectivity index (χ1v) is 6.52. The Morgan fingerprint density at radius 3 is 3.15 bits per heavy atom. The Balaban J connectivity index is 1.84. The van der Waals surface area contributed by atoms with E-state index in [9.17, 15) is 10.1 Å². The molecule has 3 rings (SSSR count). The summed E-state index contributed by atoms with van der Waals surface area (Å²) in [5, 5.41) is 18.6. The second kappa shape index (κ2) is 4.92. The fourth-order valence-corrected chi connectivity index (χ4v) is 2.55. The summed E-state index contributed by atoms with van der Waals surface area (Å²) in [5.74, 6) is 0.974. The van der Waals surface area contributed by atoms with E-state index in [0.717, 1.165) is 24.2 Å². The number of nitro groups is 1. The Morgan fingerprint density at radius 1 is 1.50 bits per heavy atom. The van der Waals surface area contributed by atoms with Gasteiger partial charge in [0, 0.05) is 18.5 Å². The highest BCUT2D eigenvalue weighted by molar-refractivity contribution is 5.66. The number of para-hydroxylation sites is 1. The molecule has 2 aromatic rings. The van der Waals surface area contributed by atoms with Gasteiger partial charge in [0.25, 0.3) is 5.69 Å². The number of rotatable bonds is 3. The molecule has 1 N–H and O–H groups in total. The summed E-state index contributed by atoms with van der Waals surface area (Å²) in [4.78, 5) is 14.9. The standard InChI is InChI=1S/C13H15N5O2/c1-9-3-2-4-11(18(19)20)13(9)16-10-5-6-12-14-8-15-17(12)7-10/h2-4,8,10,16H,5-7H2,1H3. The van der Waals surface area contributed by atoms with Gasteiger partial charge in [-0.05, 0) is 18.9 Å². The molecule has 0 saturated carbocycles. The maximum atomic E-state index is 11.1. The van der Waals surface area contributed by atoms with Gasteiger partial charge in [-0.1, -0.05) is 12.1 Å². The molecule has 2 heterocycles. The molecule has 0 fully saturated rings. The summed E-state index contributed by atoms with van der Waals surface area (Å²) in [6.07, 6.45) is 3.27. The van der Waals surface area contributed by atoms with Gasteiger partial charge in [-0.25, -0.2) is 9.67 Å². The van der Waals surface area contributed by atoms with E-state index in [2.05, 4.69) is 15.4 Å². The summed E-state index contributed by atoms with van der Waals surface area (Å²) in [7, 11) is 0. The summed E-state index contributed by atoms with van der Waals surface area (Å²) < 4.78 is 1.85. The number of benzene rings is 1. The average Bonchev–Trinajstić information content (AvgIpc) is 2.88. The number of aromatic nitrogens is 3. The Morgan fingerprint density at radius 2 is 2.35 bits per heavy atom. The number of aryl methyl sites for hydroxylation is 2. The number of nitrogens with one attached hydrogen (secondary N) is 1. The van der Waals surface area contributed by atoms with Gasteiger partial charge in [-0.2, -0.15) is 5.10 Å². The van der Waals surface area contributed by atoms with E-state index in [0.29, 0.717) is 12.2 Å². The summed E-state index contributed by atoms with van der Waals surface area (Å²) in [6.45, 7) is 2.56. The van der Waals surface area contributed by atoms with Crippen molar-refractivity contribution in [2.45, 2.75) is 32.4 Å². The van der Waals surface area contributed by atoms with Crippen LogP contribution in [-0.4, -0.2) is 25.7 Å². The molecule has 0 aliphatic carbocycles. The van der Waals surface area contributed by atoms with Crippen LogP contribution in [0.25, 0.3) is 0 Å². The van der Waals surface area contributed by atoms with Gasteiger partial charge in [0.2, 0.25) is 0 Å². The second-order valence-electron chi connectivity index (χ2n) is 4.96. The van der Waals surface area contributed by atoms with Crippen LogP contribution in [0, 0.1) is 17.0 Å². The third-order valence-corrected chi connectivity index (χ3v) is 3.60. The minimum absolute atomic E-state index is 0.120. The first-order valence-electron chi connectivity index (χ1n) is 6.52. The van der Waals surface area contributed by atoms with Gasteiger partial charge in [0.05, 0.1) is 11.5 Å². The molecule has 0 saturated heterocycles. The summed E-state index contributed by atoms with van der Waals surface area (Å²) in [6, 6.07) is 5.23. The molecule has 1 aromatic heterocycles. The molecule has 0 radical (unpaired) electrons. The lowest BCUT2D eigenvalue weighted by Crippen LogP contribution is -2.32. The van der Waals surface area contributed by atoms with Gasteiger partial charge in [0.15, 0.2) is 0 Å². The molecule has 0 bridgehead atoms. The van der Waals surface area contributed by atoms with Crippen molar-refractivity contribution < 1.29 is 4.92 Å². The van der Waals surface area contributed by atoms with Crippen LogP contribution in [0.3, 0.4) is 0 Å². The van der Waals surface area contributed by atoms with Crippen LogP contribution in [0.4, 0.5) is 11.4 Å². The first kappa shape index (κ1) is 12.6. The van der Waals surface area contributed by atoms with Gasteiger partial charge in [0.1, 0.15) is 17.8 Å². The van der Waals surface area contributed by atoms with Gasteiger partial charge in [-0.15, -0.1) is 0 Å². The van der Waals surface area contributed by atoms with Crippen LogP contribution < -0.4 is 5.32 Å². The molecule has 0 amide bonds. The molecule has 1 unspecified atom stereocenters. The minimum atomic E-state index is -0.348. The molecule has 1 aliphatic heterocycles. The van der Waals surface area contributed by atoms with Crippen LogP contribution in [0.15, 0.2) is 24.5 Å². The molecule has 7 heteroatoms. The molecule has 1 aromatic carbocycles. The number of nitro benzene ring substituents is 1. The smallest absolute Gasteiger partial charge is 0.292 e. The fourth-order valence-electron chi connectivity index (χ4n) is 2.55. The van der Waals surface area contributed by atoms with Crippen molar-refractivity contribution in [2.24, 2.45) is 0 Å². The number of anilines is 1. The first-order chi connectivity index (χ1) is 9.65. The molecule has 1 atom stereocenters. The zero-order valence-electron chi connectivity index (χ0n) is 11.1. The van der Waals surface area contributed by atoms with E-state index in [1.807, 2.05) is 17.7 Å². The van der Waals surface area contributed by atoms with Crippen LogP contribution in [0.2, 0.25) is 0 Å². The maximum absolute atomic E-state index is 11.1. The van der Waals surface area contributed by atoms with Crippen molar-refractivity contribution in [3.63, 3.8) is 0 Å². The van der Waals surface area contributed by atoms with E-state index >= 15 is 0 Å². The van der Waals surface area contributed by atoms with E-state index in [-0.39, 0.29) is 16.7 Å². The molecular weight excluding hydrogens is 258 g/mol. The Bertz CT molecular complexity index is 652. The summed E-state index contributed by atoms with van der Waals surface area (Å²) in [5.41, 5.74) is 1.60. The van der Waals surface area contributed by atoms with Crippen LogP contribution >= 0.6 is 0 Å². The van der Waals surface area contributed by atoms with Crippen LogP contribution in [0.1, 0.15) is 17.8 Å². The highest BCUT2D eigenvalue weighted by Gasteiger charge is 2.23. The number of fused-ring (bicyclic) bond motifs is 1. The van der Waals surface area contributed by atoms with Crippen molar-refractivity contribution in [3.8, 4) is 0 Å². The van der Waals surface area contributed by atoms with E-state index in [4.69, 9.17) is 0 Å². The maximum Gasteiger partial charge on any atom is 0.292 e. The van der Waals surface area contributed by atoms with Gasteiger partial charge in [-0.3, -0.25) is 10.1 Å². The third kappa shape index (κ3) is 2.22. The van der Waals surface area contributed by atoms with Crippen molar-refractivity contribution in [1.82, 2.24) is 14.8 Å². The molecule has 20 heavy (non-hydrogen) atoms. The van der Waals surface area contributed by atoms with E-state index in [1.54, 1.807) is 12.4 Å². The Kier molecular flexibility index (Phi) is 3.09. The molecular formula is C13H15N5O2. The van der Waals surface area contributed by atoms with Crippen molar-refractivity contribution in [1.29, 1.82) is 0 Å². The lowest BCUT2D eigenvalue weighted by molar-refractivity contribution is -0.384. The number of nitrogens with zero attached hydrogens (tertiary/aromatic N) is 4. The largest absolute Gasteiger partial charge is 0.375 e. The monoisotopic (exact) mass is 273 g/mol. The zero-order valence-corrected chi connectivity index (χ0v) is 11.1. The Labute approximate surface area is 115 Å². The van der Waals surface area contributed by atoms with Crippen molar-refractivity contribution >= 4 is 11.4 Å². The van der Waals surface area contributed by atoms with Crippen LogP contribution in [0.5, 0.6) is 0 Å². The molecule has 0 spiro atoms. The summed E-state index contributed by atoms with van der Waals surface area (Å²) >= 11 is 0. The molecule has 1 aliphatic rings. The molecule has 104 valence electrons. The third-order valence-electron chi connectivity index (χ3n) is 3.60.